The SMILES string of the molecule is N=C(N)N1CCC2(CC1)NC(=O)[C@@H](Cc1ccc(O)cc1)NC(=O)CNC(=O)[C@H](Cc1ccc3ccccc3c1)NC(=O)[C@H](CCCN=C(N)N)NC2=O. The van der Waals surface area contributed by atoms with E-state index in [1.807, 2.05) is 42.5 Å². The van der Waals surface area contributed by atoms with Gasteiger partial charge < -0.3 is 53.8 Å². The Morgan fingerprint density at radius 3 is 2.13 bits per heavy atom. The number of rotatable bonds is 8. The third kappa shape index (κ3) is 10.1. The molecule has 5 rings (SSSR count). The predicted octanol–water partition coefficient (Wildman–Crippen LogP) is -1.19. The summed E-state index contributed by atoms with van der Waals surface area (Å²) < 4.78 is 0. The number of aliphatic imine (C=N–C) groups is 1. The number of piperidine rings is 1. The van der Waals surface area contributed by atoms with E-state index in [9.17, 15) is 29.1 Å². The number of fused-ring (bicyclic) bond motifs is 1. The molecule has 54 heavy (non-hydrogen) atoms. The Bertz CT molecular complexity index is 1910. The number of aromatic hydroxyl groups is 1. The van der Waals surface area contributed by atoms with Crippen molar-refractivity contribution >= 4 is 52.2 Å². The first-order valence-electron chi connectivity index (χ1n) is 17.7. The third-order valence-corrected chi connectivity index (χ3v) is 9.66. The second kappa shape index (κ2) is 17.4. The van der Waals surface area contributed by atoms with Crippen molar-refractivity contribution < 1.29 is 29.1 Å². The zero-order valence-electron chi connectivity index (χ0n) is 29.8. The van der Waals surface area contributed by atoms with E-state index in [-0.39, 0.29) is 75.8 Å². The molecule has 0 unspecified atom stereocenters. The zero-order chi connectivity index (χ0) is 38.8. The van der Waals surface area contributed by atoms with Gasteiger partial charge in [-0.05, 0) is 59.7 Å². The molecule has 2 saturated heterocycles. The Labute approximate surface area is 312 Å². The van der Waals surface area contributed by atoms with Crippen molar-refractivity contribution in [3.8, 4) is 5.75 Å². The number of hydrogen-bond donors (Lipinski definition) is 10. The molecular formula is C37H47N11O6. The van der Waals surface area contributed by atoms with E-state index in [0.29, 0.717) is 5.56 Å². The maximum Gasteiger partial charge on any atom is 0.246 e. The van der Waals surface area contributed by atoms with Gasteiger partial charge in [0.05, 0.1) is 6.54 Å². The molecule has 0 bridgehead atoms. The Kier molecular flexibility index (Phi) is 12.5. The summed E-state index contributed by atoms with van der Waals surface area (Å²) in [5.74, 6) is -3.68. The van der Waals surface area contributed by atoms with Gasteiger partial charge >= 0.3 is 0 Å². The molecule has 5 amide bonds. The molecule has 2 aliphatic rings. The minimum absolute atomic E-state index is 0.0128. The second-order valence-corrected chi connectivity index (χ2v) is 13.6. The van der Waals surface area contributed by atoms with Crippen molar-refractivity contribution in [2.75, 3.05) is 26.2 Å². The fraction of sp³-hybridized carbons (Fsp3) is 0.378. The minimum atomic E-state index is -1.57. The molecule has 0 radical (unpaired) electrons. The highest BCUT2D eigenvalue weighted by Gasteiger charge is 2.45. The van der Waals surface area contributed by atoms with Crippen molar-refractivity contribution in [3.05, 3.63) is 77.9 Å². The van der Waals surface area contributed by atoms with Crippen molar-refractivity contribution in [2.45, 2.75) is 62.2 Å². The molecule has 2 heterocycles. The summed E-state index contributed by atoms with van der Waals surface area (Å²) in [6.45, 7) is -0.0669. The zero-order valence-corrected chi connectivity index (χ0v) is 29.8. The van der Waals surface area contributed by atoms with E-state index < -0.39 is 59.7 Å². The Balaban J connectivity index is 1.50. The van der Waals surface area contributed by atoms with E-state index >= 15 is 0 Å². The van der Waals surface area contributed by atoms with Gasteiger partial charge in [-0.25, -0.2) is 0 Å². The second-order valence-electron chi connectivity index (χ2n) is 13.6. The molecule has 286 valence electrons. The number of carbonyl (C=O) groups excluding carboxylic acids is 5. The predicted molar refractivity (Wildman–Crippen MR) is 202 cm³/mol. The van der Waals surface area contributed by atoms with Gasteiger partial charge in [0, 0.05) is 32.5 Å². The number of nitrogens with zero attached hydrogens (tertiary/aromatic N) is 2. The summed E-state index contributed by atoms with van der Waals surface area (Å²) in [5.41, 5.74) is 16.5. The fourth-order valence-corrected chi connectivity index (χ4v) is 6.63. The van der Waals surface area contributed by atoms with Gasteiger partial charge in [-0.3, -0.25) is 34.4 Å². The van der Waals surface area contributed by atoms with Crippen molar-refractivity contribution in [1.29, 1.82) is 5.41 Å². The van der Waals surface area contributed by atoms with Crippen molar-refractivity contribution in [1.82, 2.24) is 31.5 Å². The van der Waals surface area contributed by atoms with E-state index in [4.69, 9.17) is 22.6 Å². The van der Waals surface area contributed by atoms with Crippen LogP contribution in [0.5, 0.6) is 5.75 Å². The van der Waals surface area contributed by atoms with Crippen LogP contribution in [-0.4, -0.2) is 101 Å². The highest BCUT2D eigenvalue weighted by Crippen LogP contribution is 2.25. The first-order chi connectivity index (χ1) is 25.8. The Morgan fingerprint density at radius 1 is 0.796 bits per heavy atom. The van der Waals surface area contributed by atoms with Crippen LogP contribution in [0.3, 0.4) is 0 Å². The minimum Gasteiger partial charge on any atom is -0.508 e. The van der Waals surface area contributed by atoms with Crippen molar-refractivity contribution in [2.24, 2.45) is 22.2 Å². The molecule has 0 aromatic heterocycles. The van der Waals surface area contributed by atoms with Gasteiger partial charge in [-0.1, -0.05) is 54.6 Å². The quantitative estimate of drug-likeness (QED) is 0.0749. The molecule has 3 aromatic rings. The number of carbonyl (C=O) groups is 5. The van der Waals surface area contributed by atoms with Crippen LogP contribution in [0.25, 0.3) is 10.8 Å². The maximum absolute atomic E-state index is 14.4. The number of phenols is 1. The lowest BCUT2D eigenvalue weighted by molar-refractivity contribution is -0.139. The van der Waals surface area contributed by atoms with Crippen LogP contribution in [0.4, 0.5) is 0 Å². The van der Waals surface area contributed by atoms with Crippen LogP contribution in [0.2, 0.25) is 0 Å². The standard InChI is InChI=1S/C37H47N11O6/c38-35(39)42-15-3-6-27-32(52)45-28(20-23-7-10-24-4-1-2-5-25(24)18-23)31(51)43-21-30(50)44-29(19-22-8-11-26(49)12-9-22)33(53)47-37(34(54)46-27)13-16-48(17-14-37)36(40)41/h1-2,4-5,7-12,18,27-29,49H,3,6,13-17,19-21H2,(H3,40,41)(H,43,51)(H,44,50)(H,45,52)(H,46,54)(H,47,53)(H4,38,39,42)/t27-,28-,29+/m0/s1. The van der Waals surface area contributed by atoms with Crippen LogP contribution in [-0.2, 0) is 36.8 Å². The molecular weight excluding hydrogens is 694 g/mol. The highest BCUT2D eigenvalue weighted by molar-refractivity contribution is 5.99. The lowest BCUT2D eigenvalue weighted by Gasteiger charge is -2.42. The van der Waals surface area contributed by atoms with Gasteiger partial charge in [0.2, 0.25) is 29.5 Å². The molecule has 2 aliphatic heterocycles. The Hall–Kier alpha value is -6.39. The molecule has 1 spiro atoms. The van der Waals surface area contributed by atoms with Gasteiger partial charge in [-0.15, -0.1) is 0 Å². The summed E-state index contributed by atoms with van der Waals surface area (Å²) in [7, 11) is 0. The van der Waals surface area contributed by atoms with E-state index in [1.165, 1.54) is 12.1 Å². The molecule has 13 N–H and O–H groups in total. The van der Waals surface area contributed by atoms with Gasteiger partial charge in [0.15, 0.2) is 11.9 Å². The van der Waals surface area contributed by atoms with E-state index in [0.717, 1.165) is 16.3 Å². The Morgan fingerprint density at radius 2 is 1.44 bits per heavy atom. The van der Waals surface area contributed by atoms with Crippen LogP contribution in [0, 0.1) is 5.41 Å². The van der Waals surface area contributed by atoms with Crippen molar-refractivity contribution in [3.63, 3.8) is 0 Å². The summed E-state index contributed by atoms with van der Waals surface area (Å²) in [6, 6.07) is 15.9. The smallest absolute Gasteiger partial charge is 0.246 e. The summed E-state index contributed by atoms with van der Waals surface area (Å²) in [5, 5.41) is 33.4. The van der Waals surface area contributed by atoms with Crippen LogP contribution < -0.4 is 43.8 Å². The van der Waals surface area contributed by atoms with Gasteiger partial charge in [0.1, 0.15) is 29.4 Å². The number of amides is 5. The number of nitrogens with one attached hydrogen (secondary N) is 6. The average Bonchev–Trinajstić information content (AvgIpc) is 3.15. The summed E-state index contributed by atoms with van der Waals surface area (Å²) >= 11 is 0. The molecule has 17 heteroatoms. The van der Waals surface area contributed by atoms with E-state index in [1.54, 1.807) is 17.0 Å². The average molecular weight is 742 g/mol. The first-order valence-corrected chi connectivity index (χ1v) is 17.7. The van der Waals surface area contributed by atoms with Gasteiger partial charge in [0.25, 0.3) is 0 Å². The lowest BCUT2D eigenvalue weighted by atomic mass is 9.85. The molecule has 2 fully saturated rings. The number of phenolic OH excluding ortho intramolecular Hbond substituents is 1. The monoisotopic (exact) mass is 741 g/mol. The fourth-order valence-electron chi connectivity index (χ4n) is 6.63. The van der Waals surface area contributed by atoms with Crippen LogP contribution in [0.15, 0.2) is 71.7 Å². The summed E-state index contributed by atoms with van der Waals surface area (Å²) in [4.78, 5) is 75.2. The van der Waals surface area contributed by atoms with Crippen LogP contribution in [0.1, 0.15) is 36.8 Å². The van der Waals surface area contributed by atoms with E-state index in [2.05, 4.69) is 31.6 Å². The number of hydrogen-bond acceptors (Lipinski definition) is 8. The topological polar surface area (TPSA) is 283 Å². The van der Waals surface area contributed by atoms with Gasteiger partial charge in [-0.2, -0.15) is 0 Å². The number of nitrogens with two attached hydrogens (primary N) is 3. The molecule has 3 aromatic carbocycles. The largest absolute Gasteiger partial charge is 0.508 e. The summed E-state index contributed by atoms with van der Waals surface area (Å²) in [6.07, 6.45) is 0.455. The first kappa shape index (κ1) is 38.8. The molecule has 17 nitrogen and oxygen atoms in total. The maximum atomic E-state index is 14.4. The molecule has 0 aliphatic carbocycles. The van der Waals surface area contributed by atoms with Crippen LogP contribution >= 0.6 is 0 Å². The number of benzene rings is 3. The molecule has 0 saturated carbocycles. The highest BCUT2D eigenvalue weighted by atomic mass is 16.3. The molecule has 3 atom stereocenters. The lowest BCUT2D eigenvalue weighted by Crippen LogP contribution is -2.68. The number of guanidine groups is 2. The number of likely N-dealkylation sites (tertiary alicyclic amines) is 1. The third-order valence-electron chi connectivity index (χ3n) is 9.66. The normalized spacial score (nSPS) is 21.1.